The standard InChI is InChI=1S/C10H24N2O/c1-5-12(6-2)8-7-11-13-9-10(3)4/h10-11H,5-9H2,1-4H3. The highest BCUT2D eigenvalue weighted by molar-refractivity contribution is 4.51. The Morgan fingerprint density at radius 1 is 1.23 bits per heavy atom. The van der Waals surface area contributed by atoms with E-state index in [0.29, 0.717) is 5.92 Å². The average molecular weight is 188 g/mol. The van der Waals surface area contributed by atoms with Crippen LogP contribution >= 0.6 is 0 Å². The van der Waals surface area contributed by atoms with Gasteiger partial charge in [-0.05, 0) is 19.0 Å². The average Bonchev–Trinajstić information content (AvgIpc) is 2.11. The van der Waals surface area contributed by atoms with E-state index in [9.17, 15) is 0 Å². The van der Waals surface area contributed by atoms with Crippen molar-refractivity contribution in [1.29, 1.82) is 0 Å². The summed E-state index contributed by atoms with van der Waals surface area (Å²) in [6.45, 7) is 13.6. The van der Waals surface area contributed by atoms with Gasteiger partial charge in [-0.2, -0.15) is 0 Å². The van der Waals surface area contributed by atoms with E-state index < -0.39 is 0 Å². The van der Waals surface area contributed by atoms with Crippen molar-refractivity contribution >= 4 is 0 Å². The first-order valence-electron chi connectivity index (χ1n) is 5.27. The van der Waals surface area contributed by atoms with Gasteiger partial charge in [0.05, 0.1) is 6.61 Å². The van der Waals surface area contributed by atoms with E-state index in [2.05, 4.69) is 38.1 Å². The van der Waals surface area contributed by atoms with E-state index in [1.165, 1.54) is 0 Å². The van der Waals surface area contributed by atoms with Gasteiger partial charge in [-0.25, -0.2) is 5.48 Å². The Morgan fingerprint density at radius 2 is 1.85 bits per heavy atom. The molecule has 0 saturated carbocycles. The number of likely N-dealkylation sites (N-methyl/N-ethyl adjacent to an activating group) is 1. The van der Waals surface area contributed by atoms with Gasteiger partial charge in [-0.3, -0.25) is 0 Å². The van der Waals surface area contributed by atoms with Crippen LogP contribution in [0.3, 0.4) is 0 Å². The summed E-state index contributed by atoms with van der Waals surface area (Å²) in [5.41, 5.74) is 2.97. The Morgan fingerprint density at radius 3 is 2.31 bits per heavy atom. The first kappa shape index (κ1) is 12.9. The van der Waals surface area contributed by atoms with Gasteiger partial charge in [0.25, 0.3) is 0 Å². The number of nitrogens with zero attached hydrogens (tertiary/aromatic N) is 1. The molecule has 0 amide bonds. The molecule has 3 nitrogen and oxygen atoms in total. The van der Waals surface area contributed by atoms with Crippen LogP contribution in [-0.4, -0.2) is 37.7 Å². The molecule has 0 aliphatic rings. The van der Waals surface area contributed by atoms with Gasteiger partial charge >= 0.3 is 0 Å². The largest absolute Gasteiger partial charge is 0.303 e. The summed E-state index contributed by atoms with van der Waals surface area (Å²) in [5.74, 6) is 0.598. The highest BCUT2D eigenvalue weighted by atomic mass is 16.6. The summed E-state index contributed by atoms with van der Waals surface area (Å²) >= 11 is 0. The lowest BCUT2D eigenvalue weighted by molar-refractivity contribution is 0.0197. The Bertz CT molecular complexity index is 103. The van der Waals surface area contributed by atoms with Gasteiger partial charge in [0.1, 0.15) is 0 Å². The molecule has 0 spiro atoms. The number of hydroxylamine groups is 1. The molecule has 0 unspecified atom stereocenters. The van der Waals surface area contributed by atoms with Crippen LogP contribution in [0.1, 0.15) is 27.7 Å². The highest BCUT2D eigenvalue weighted by Gasteiger charge is 1.97. The number of rotatable bonds is 8. The highest BCUT2D eigenvalue weighted by Crippen LogP contribution is 1.89. The summed E-state index contributed by atoms with van der Waals surface area (Å²) < 4.78 is 0. The van der Waals surface area contributed by atoms with Gasteiger partial charge in [0.15, 0.2) is 0 Å². The number of hydrogen-bond donors (Lipinski definition) is 1. The molecule has 0 bridgehead atoms. The molecule has 13 heavy (non-hydrogen) atoms. The Kier molecular flexibility index (Phi) is 8.40. The molecule has 80 valence electrons. The minimum absolute atomic E-state index is 0.598. The van der Waals surface area contributed by atoms with E-state index in [1.54, 1.807) is 0 Å². The second-order valence-corrected chi connectivity index (χ2v) is 3.63. The van der Waals surface area contributed by atoms with Gasteiger partial charge < -0.3 is 9.74 Å². The fraction of sp³-hybridized carbons (Fsp3) is 1.00. The molecule has 0 fully saturated rings. The van der Waals surface area contributed by atoms with Crippen molar-refractivity contribution in [3.63, 3.8) is 0 Å². The third-order valence-corrected chi connectivity index (χ3v) is 1.94. The van der Waals surface area contributed by atoms with E-state index in [0.717, 1.165) is 32.8 Å². The third kappa shape index (κ3) is 8.22. The maximum absolute atomic E-state index is 5.26. The minimum atomic E-state index is 0.598. The van der Waals surface area contributed by atoms with Crippen molar-refractivity contribution in [3.8, 4) is 0 Å². The molecule has 0 atom stereocenters. The molecule has 0 rings (SSSR count). The summed E-state index contributed by atoms with van der Waals surface area (Å²) in [7, 11) is 0. The predicted octanol–water partition coefficient (Wildman–Crippen LogP) is 1.51. The molecule has 0 radical (unpaired) electrons. The lowest BCUT2D eigenvalue weighted by Crippen LogP contribution is -2.32. The molecule has 1 N–H and O–H groups in total. The van der Waals surface area contributed by atoms with Crippen LogP contribution in [0.5, 0.6) is 0 Å². The van der Waals surface area contributed by atoms with Crippen LogP contribution < -0.4 is 5.48 Å². The first-order valence-corrected chi connectivity index (χ1v) is 5.27. The van der Waals surface area contributed by atoms with E-state index in [1.807, 2.05) is 0 Å². The van der Waals surface area contributed by atoms with Gasteiger partial charge in [-0.1, -0.05) is 27.7 Å². The lowest BCUT2D eigenvalue weighted by Gasteiger charge is -2.18. The smallest absolute Gasteiger partial charge is 0.0705 e. The van der Waals surface area contributed by atoms with Crippen LogP contribution in [0.2, 0.25) is 0 Å². The molecule has 0 aromatic heterocycles. The summed E-state index contributed by atoms with van der Waals surface area (Å²) in [6.07, 6.45) is 0. The van der Waals surface area contributed by atoms with Gasteiger partial charge in [0.2, 0.25) is 0 Å². The maximum Gasteiger partial charge on any atom is 0.0705 e. The second-order valence-electron chi connectivity index (χ2n) is 3.63. The van der Waals surface area contributed by atoms with Crippen LogP contribution in [0.4, 0.5) is 0 Å². The van der Waals surface area contributed by atoms with Crippen LogP contribution in [0.15, 0.2) is 0 Å². The van der Waals surface area contributed by atoms with Gasteiger partial charge in [-0.15, -0.1) is 0 Å². The number of nitrogens with one attached hydrogen (secondary N) is 1. The van der Waals surface area contributed by atoms with Crippen molar-refractivity contribution in [3.05, 3.63) is 0 Å². The predicted molar refractivity (Wildman–Crippen MR) is 56.6 cm³/mol. The zero-order valence-electron chi connectivity index (χ0n) is 9.47. The topological polar surface area (TPSA) is 24.5 Å². The van der Waals surface area contributed by atoms with Crippen LogP contribution in [0, 0.1) is 5.92 Å². The quantitative estimate of drug-likeness (QED) is 0.461. The fourth-order valence-electron chi connectivity index (χ4n) is 1.04. The van der Waals surface area contributed by atoms with Crippen molar-refractivity contribution in [2.45, 2.75) is 27.7 Å². The molecule has 3 heteroatoms. The van der Waals surface area contributed by atoms with Crippen LogP contribution in [0.25, 0.3) is 0 Å². The van der Waals surface area contributed by atoms with Crippen molar-refractivity contribution < 1.29 is 4.84 Å². The Labute approximate surface area is 82.4 Å². The number of hydrogen-bond acceptors (Lipinski definition) is 3. The van der Waals surface area contributed by atoms with Crippen LogP contribution in [-0.2, 0) is 4.84 Å². The Hall–Kier alpha value is -0.120. The monoisotopic (exact) mass is 188 g/mol. The lowest BCUT2D eigenvalue weighted by atomic mass is 10.2. The molecule has 0 heterocycles. The van der Waals surface area contributed by atoms with Crippen molar-refractivity contribution in [2.75, 3.05) is 32.8 Å². The normalized spacial score (nSPS) is 11.5. The molecule has 0 aromatic carbocycles. The summed E-state index contributed by atoms with van der Waals surface area (Å²) in [6, 6.07) is 0. The van der Waals surface area contributed by atoms with E-state index in [4.69, 9.17) is 4.84 Å². The molecule has 0 saturated heterocycles. The van der Waals surface area contributed by atoms with Crippen molar-refractivity contribution in [1.82, 2.24) is 10.4 Å². The second kappa shape index (κ2) is 8.48. The zero-order chi connectivity index (χ0) is 10.1. The van der Waals surface area contributed by atoms with E-state index in [-0.39, 0.29) is 0 Å². The maximum atomic E-state index is 5.26. The summed E-state index contributed by atoms with van der Waals surface area (Å²) in [4.78, 5) is 7.62. The molecular weight excluding hydrogens is 164 g/mol. The summed E-state index contributed by atoms with van der Waals surface area (Å²) in [5, 5.41) is 0. The molecular formula is C10H24N2O. The zero-order valence-corrected chi connectivity index (χ0v) is 9.47. The molecule has 0 aliphatic heterocycles. The Balaban J connectivity index is 3.14. The fourth-order valence-corrected chi connectivity index (χ4v) is 1.04. The van der Waals surface area contributed by atoms with E-state index >= 15 is 0 Å². The molecule has 0 aromatic rings. The third-order valence-electron chi connectivity index (χ3n) is 1.94. The van der Waals surface area contributed by atoms with Gasteiger partial charge in [0, 0.05) is 13.1 Å². The van der Waals surface area contributed by atoms with Crippen molar-refractivity contribution in [2.24, 2.45) is 5.92 Å². The SMILES string of the molecule is CCN(CC)CCNOCC(C)C. The molecule has 0 aliphatic carbocycles. The minimum Gasteiger partial charge on any atom is -0.303 e. The first-order chi connectivity index (χ1) is 6.20.